The normalized spacial score (nSPS) is 15.4. The summed E-state index contributed by atoms with van der Waals surface area (Å²) in [4.78, 5) is 11.7. The van der Waals surface area contributed by atoms with E-state index in [0.29, 0.717) is 0 Å². The summed E-state index contributed by atoms with van der Waals surface area (Å²) in [5.41, 5.74) is 2.19. The van der Waals surface area contributed by atoms with Crippen molar-refractivity contribution in [2.75, 3.05) is 40.3 Å². The molecule has 158 valence electrons. The average Bonchev–Trinajstić information content (AvgIpc) is 3.48. The molecule has 30 heavy (non-hydrogen) atoms. The van der Waals surface area contributed by atoms with Crippen molar-refractivity contribution < 1.29 is 9.26 Å². The summed E-state index contributed by atoms with van der Waals surface area (Å²) in [6.45, 7) is 5.45. The van der Waals surface area contributed by atoms with E-state index < -0.39 is 0 Å². The first kappa shape index (κ1) is 20.4. The second kappa shape index (κ2) is 9.77. The van der Waals surface area contributed by atoms with E-state index in [1.54, 1.807) is 24.7 Å². The molecule has 0 amide bonds. The van der Waals surface area contributed by atoms with Crippen molar-refractivity contribution in [1.29, 1.82) is 0 Å². The summed E-state index contributed by atoms with van der Waals surface area (Å²) >= 11 is 1.80. The molecule has 7 nitrogen and oxygen atoms in total. The highest BCUT2D eigenvalue weighted by molar-refractivity contribution is 7.15. The predicted molar refractivity (Wildman–Crippen MR) is 120 cm³/mol. The van der Waals surface area contributed by atoms with Gasteiger partial charge in [0.05, 0.1) is 19.3 Å². The standard InChI is InChI=1S/C22H27N5O2S/c1-23-22(27-12-10-26(11-13-27)16-18-9-14-29-25-18)24-15-20-7-8-21(30-20)17-3-5-19(28-2)6-4-17/h3-9,14H,10-13,15-16H2,1-2H3,(H,23,24). The zero-order chi connectivity index (χ0) is 20.8. The molecule has 4 rings (SSSR count). The highest BCUT2D eigenvalue weighted by atomic mass is 32.1. The lowest BCUT2D eigenvalue weighted by Crippen LogP contribution is -2.52. The van der Waals surface area contributed by atoms with E-state index in [1.165, 1.54) is 15.3 Å². The van der Waals surface area contributed by atoms with E-state index in [2.05, 4.69) is 49.5 Å². The molecule has 0 unspecified atom stereocenters. The van der Waals surface area contributed by atoms with Gasteiger partial charge in [0.1, 0.15) is 12.0 Å². The smallest absolute Gasteiger partial charge is 0.194 e. The fourth-order valence-corrected chi connectivity index (χ4v) is 4.50. The maximum absolute atomic E-state index is 5.24. The third-order valence-corrected chi connectivity index (χ3v) is 6.35. The monoisotopic (exact) mass is 425 g/mol. The van der Waals surface area contributed by atoms with Crippen LogP contribution >= 0.6 is 11.3 Å². The van der Waals surface area contributed by atoms with Gasteiger partial charge in [-0.15, -0.1) is 11.3 Å². The van der Waals surface area contributed by atoms with Crippen LogP contribution in [0.2, 0.25) is 0 Å². The fraction of sp³-hybridized carbons (Fsp3) is 0.364. The van der Waals surface area contributed by atoms with Crippen molar-refractivity contribution in [3.8, 4) is 16.2 Å². The Balaban J connectivity index is 1.28. The van der Waals surface area contributed by atoms with Gasteiger partial charge in [-0.1, -0.05) is 5.16 Å². The van der Waals surface area contributed by atoms with E-state index in [9.17, 15) is 0 Å². The number of rotatable bonds is 6. The quantitative estimate of drug-likeness (QED) is 0.483. The average molecular weight is 426 g/mol. The van der Waals surface area contributed by atoms with Crippen LogP contribution in [0.25, 0.3) is 10.4 Å². The topological polar surface area (TPSA) is 66.1 Å². The van der Waals surface area contributed by atoms with Crippen LogP contribution in [0.5, 0.6) is 5.75 Å². The third-order valence-electron chi connectivity index (χ3n) is 5.22. The molecule has 0 saturated carbocycles. The number of piperazine rings is 1. The Bertz CT molecular complexity index is 944. The first-order chi connectivity index (χ1) is 14.7. The number of hydrogen-bond donors (Lipinski definition) is 1. The molecule has 1 aliphatic rings. The van der Waals surface area contributed by atoms with Gasteiger partial charge in [0.2, 0.25) is 0 Å². The van der Waals surface area contributed by atoms with Crippen molar-refractivity contribution in [2.45, 2.75) is 13.1 Å². The minimum absolute atomic E-state index is 0.770. The van der Waals surface area contributed by atoms with Crippen molar-refractivity contribution >= 4 is 17.3 Å². The lowest BCUT2D eigenvalue weighted by Gasteiger charge is -2.36. The molecule has 0 aliphatic carbocycles. The van der Waals surface area contributed by atoms with E-state index in [-0.39, 0.29) is 0 Å². The van der Waals surface area contributed by atoms with Crippen LogP contribution < -0.4 is 10.1 Å². The van der Waals surface area contributed by atoms with Crippen LogP contribution in [-0.4, -0.2) is 61.3 Å². The Kier molecular flexibility index (Phi) is 6.66. The van der Waals surface area contributed by atoms with Gasteiger partial charge >= 0.3 is 0 Å². The van der Waals surface area contributed by atoms with Gasteiger partial charge in [-0.3, -0.25) is 9.89 Å². The van der Waals surface area contributed by atoms with Crippen LogP contribution in [0.3, 0.4) is 0 Å². The first-order valence-electron chi connectivity index (χ1n) is 10.1. The number of nitrogens with one attached hydrogen (secondary N) is 1. The number of hydrogen-bond acceptors (Lipinski definition) is 6. The summed E-state index contributed by atoms with van der Waals surface area (Å²) < 4.78 is 10.2. The molecule has 1 aliphatic heterocycles. The predicted octanol–water partition coefficient (Wildman–Crippen LogP) is 3.30. The Morgan fingerprint density at radius 3 is 2.60 bits per heavy atom. The second-order valence-electron chi connectivity index (χ2n) is 7.15. The van der Waals surface area contributed by atoms with Gasteiger partial charge in [-0.05, 0) is 42.0 Å². The van der Waals surface area contributed by atoms with E-state index in [0.717, 1.165) is 56.7 Å². The number of aliphatic imine (C=N–C) groups is 1. The highest BCUT2D eigenvalue weighted by Gasteiger charge is 2.20. The number of benzene rings is 1. The van der Waals surface area contributed by atoms with Gasteiger partial charge in [-0.2, -0.15) is 0 Å². The summed E-state index contributed by atoms with van der Waals surface area (Å²) in [5, 5.41) is 7.52. The highest BCUT2D eigenvalue weighted by Crippen LogP contribution is 2.29. The Morgan fingerprint density at radius 1 is 1.13 bits per heavy atom. The first-order valence-corrected chi connectivity index (χ1v) is 10.9. The Labute approximate surface area is 181 Å². The lowest BCUT2D eigenvalue weighted by atomic mass is 10.2. The van der Waals surface area contributed by atoms with Crippen LogP contribution in [0.1, 0.15) is 10.6 Å². The third kappa shape index (κ3) is 5.01. The SMILES string of the molecule is CN=C(NCc1ccc(-c2ccc(OC)cc2)s1)N1CCN(Cc2ccon2)CC1. The maximum atomic E-state index is 5.24. The van der Waals surface area contributed by atoms with Gasteiger partial charge in [-0.25, -0.2) is 0 Å². The van der Waals surface area contributed by atoms with E-state index in [4.69, 9.17) is 9.26 Å². The molecule has 1 aromatic carbocycles. The van der Waals surface area contributed by atoms with E-state index >= 15 is 0 Å². The molecule has 1 N–H and O–H groups in total. The Morgan fingerprint density at radius 2 is 1.93 bits per heavy atom. The summed E-state index contributed by atoms with van der Waals surface area (Å²) in [7, 11) is 3.54. The number of methoxy groups -OCH3 is 1. The van der Waals surface area contributed by atoms with Gasteiger partial charge < -0.3 is 19.5 Å². The molecule has 0 spiro atoms. The van der Waals surface area contributed by atoms with Crippen molar-refractivity contribution in [1.82, 2.24) is 20.3 Å². The molecule has 3 aromatic rings. The molecular weight excluding hydrogens is 398 g/mol. The molecule has 1 saturated heterocycles. The van der Waals surface area contributed by atoms with Crippen LogP contribution in [0.15, 0.2) is 58.2 Å². The fourth-order valence-electron chi connectivity index (χ4n) is 3.55. The minimum atomic E-state index is 0.770. The van der Waals surface area contributed by atoms with Gasteiger partial charge in [0.15, 0.2) is 5.96 Å². The van der Waals surface area contributed by atoms with Crippen LogP contribution in [0.4, 0.5) is 0 Å². The summed E-state index contributed by atoms with van der Waals surface area (Å²) in [6, 6.07) is 14.5. The zero-order valence-electron chi connectivity index (χ0n) is 17.4. The van der Waals surface area contributed by atoms with Crippen LogP contribution in [-0.2, 0) is 13.1 Å². The number of guanidine groups is 1. The minimum Gasteiger partial charge on any atom is -0.497 e. The molecule has 2 aromatic heterocycles. The molecular formula is C22H27N5O2S. The van der Waals surface area contributed by atoms with Crippen molar-refractivity contribution in [3.05, 3.63) is 59.3 Å². The van der Waals surface area contributed by atoms with Gasteiger partial charge in [0.25, 0.3) is 0 Å². The van der Waals surface area contributed by atoms with Crippen LogP contribution in [0, 0.1) is 0 Å². The second-order valence-corrected chi connectivity index (χ2v) is 8.32. The van der Waals surface area contributed by atoms with Gasteiger partial charge in [0, 0.05) is 55.6 Å². The number of nitrogens with zero attached hydrogens (tertiary/aromatic N) is 4. The summed E-state index contributed by atoms with van der Waals surface area (Å²) in [5.74, 6) is 1.83. The molecule has 0 bridgehead atoms. The molecule has 8 heteroatoms. The lowest BCUT2D eigenvalue weighted by molar-refractivity contribution is 0.169. The van der Waals surface area contributed by atoms with Crippen molar-refractivity contribution in [3.63, 3.8) is 0 Å². The molecule has 0 atom stereocenters. The molecule has 0 radical (unpaired) electrons. The van der Waals surface area contributed by atoms with E-state index in [1.807, 2.05) is 25.2 Å². The number of aromatic nitrogens is 1. The summed E-state index contributed by atoms with van der Waals surface area (Å²) in [6.07, 6.45) is 1.63. The number of ether oxygens (including phenoxy) is 1. The Hall–Kier alpha value is -2.84. The maximum Gasteiger partial charge on any atom is 0.194 e. The largest absolute Gasteiger partial charge is 0.497 e. The molecule has 3 heterocycles. The molecule has 1 fully saturated rings. The number of thiophene rings is 1. The zero-order valence-corrected chi connectivity index (χ0v) is 18.2. The van der Waals surface area contributed by atoms with Crippen molar-refractivity contribution in [2.24, 2.45) is 4.99 Å².